The van der Waals surface area contributed by atoms with Crippen LogP contribution in [0.2, 0.25) is 0 Å². The lowest BCUT2D eigenvalue weighted by atomic mass is 10.1. The van der Waals surface area contributed by atoms with E-state index in [4.69, 9.17) is 5.73 Å². The average molecular weight is 272 g/mol. The summed E-state index contributed by atoms with van der Waals surface area (Å²) in [6.07, 6.45) is 1.89. The lowest BCUT2D eigenvalue weighted by Gasteiger charge is -2.08. The lowest BCUT2D eigenvalue weighted by Crippen LogP contribution is -2.16. The Morgan fingerprint density at radius 1 is 1.37 bits per heavy atom. The van der Waals surface area contributed by atoms with E-state index in [1.165, 1.54) is 24.3 Å². The summed E-state index contributed by atoms with van der Waals surface area (Å²) in [5.41, 5.74) is 6.13. The maximum absolute atomic E-state index is 11.9. The number of alkyl halides is 2. The van der Waals surface area contributed by atoms with Crippen molar-refractivity contribution in [3.05, 3.63) is 24.3 Å². The van der Waals surface area contributed by atoms with Crippen LogP contribution in [0.3, 0.4) is 0 Å². The molecule has 106 valence electrons. The molecule has 0 aromatic heterocycles. The largest absolute Gasteiger partial charge is 0.435 e. The van der Waals surface area contributed by atoms with Gasteiger partial charge in [0.15, 0.2) is 0 Å². The van der Waals surface area contributed by atoms with Gasteiger partial charge in [-0.3, -0.25) is 4.79 Å². The molecule has 1 amide bonds. The SMILES string of the molecule is CC(N)CCCC(=O)Nc1ccc(OC(F)F)cc1. The molecule has 1 aromatic carbocycles. The summed E-state index contributed by atoms with van der Waals surface area (Å²) in [5, 5.41) is 2.67. The highest BCUT2D eigenvalue weighted by atomic mass is 19.3. The molecule has 0 fully saturated rings. The fourth-order valence-corrected chi connectivity index (χ4v) is 1.53. The lowest BCUT2D eigenvalue weighted by molar-refractivity contribution is -0.116. The first kappa shape index (κ1) is 15.4. The number of anilines is 1. The van der Waals surface area contributed by atoms with Gasteiger partial charge in [0.05, 0.1) is 0 Å². The summed E-state index contributed by atoms with van der Waals surface area (Å²) in [6, 6.07) is 5.87. The Kier molecular flexibility index (Phi) is 6.21. The Labute approximate surface area is 110 Å². The monoisotopic (exact) mass is 272 g/mol. The molecule has 0 saturated heterocycles. The molecule has 1 atom stereocenters. The van der Waals surface area contributed by atoms with E-state index in [9.17, 15) is 13.6 Å². The molecule has 0 spiro atoms. The highest BCUT2D eigenvalue weighted by Crippen LogP contribution is 2.17. The van der Waals surface area contributed by atoms with Gasteiger partial charge in [0.25, 0.3) is 0 Å². The van der Waals surface area contributed by atoms with Gasteiger partial charge in [0.1, 0.15) is 5.75 Å². The molecule has 0 aliphatic carbocycles. The van der Waals surface area contributed by atoms with Gasteiger partial charge in [0, 0.05) is 18.2 Å². The number of carbonyl (C=O) groups is 1. The van der Waals surface area contributed by atoms with Crippen molar-refractivity contribution in [2.45, 2.75) is 38.8 Å². The molecule has 0 aliphatic heterocycles. The van der Waals surface area contributed by atoms with E-state index < -0.39 is 6.61 Å². The molecule has 19 heavy (non-hydrogen) atoms. The molecule has 0 bridgehead atoms. The molecular weight excluding hydrogens is 254 g/mol. The van der Waals surface area contributed by atoms with Crippen molar-refractivity contribution in [3.63, 3.8) is 0 Å². The minimum absolute atomic E-state index is 0.0601. The van der Waals surface area contributed by atoms with E-state index in [1.54, 1.807) is 0 Å². The second-order valence-electron chi connectivity index (χ2n) is 4.32. The molecule has 0 saturated carbocycles. The van der Waals surface area contributed by atoms with Crippen LogP contribution in [0.5, 0.6) is 5.75 Å². The predicted octanol–water partition coefficient (Wildman–Crippen LogP) is 2.74. The van der Waals surface area contributed by atoms with Gasteiger partial charge in [-0.05, 0) is 44.0 Å². The Bertz CT molecular complexity index is 394. The first-order valence-electron chi connectivity index (χ1n) is 6.07. The van der Waals surface area contributed by atoms with Crippen LogP contribution in [0.15, 0.2) is 24.3 Å². The maximum Gasteiger partial charge on any atom is 0.387 e. The van der Waals surface area contributed by atoms with E-state index in [1.807, 2.05) is 6.92 Å². The summed E-state index contributed by atoms with van der Waals surface area (Å²) in [4.78, 5) is 11.6. The van der Waals surface area contributed by atoms with E-state index in [0.717, 1.165) is 12.8 Å². The van der Waals surface area contributed by atoms with Crippen LogP contribution >= 0.6 is 0 Å². The van der Waals surface area contributed by atoms with Crippen LogP contribution in [0.1, 0.15) is 26.2 Å². The summed E-state index contributed by atoms with van der Waals surface area (Å²) in [7, 11) is 0. The number of benzene rings is 1. The van der Waals surface area contributed by atoms with Crippen LogP contribution in [-0.4, -0.2) is 18.6 Å². The molecule has 1 unspecified atom stereocenters. The highest BCUT2D eigenvalue weighted by molar-refractivity contribution is 5.90. The number of ether oxygens (including phenoxy) is 1. The van der Waals surface area contributed by atoms with Crippen LogP contribution in [0.4, 0.5) is 14.5 Å². The Morgan fingerprint density at radius 3 is 2.53 bits per heavy atom. The zero-order valence-corrected chi connectivity index (χ0v) is 10.7. The third-order valence-electron chi connectivity index (χ3n) is 2.43. The minimum atomic E-state index is -2.85. The first-order chi connectivity index (χ1) is 8.97. The molecule has 0 radical (unpaired) electrons. The maximum atomic E-state index is 11.9. The molecule has 1 rings (SSSR count). The van der Waals surface area contributed by atoms with Crippen molar-refractivity contribution in [1.82, 2.24) is 0 Å². The second kappa shape index (κ2) is 7.68. The van der Waals surface area contributed by atoms with Crippen molar-refractivity contribution in [1.29, 1.82) is 0 Å². The third-order valence-corrected chi connectivity index (χ3v) is 2.43. The van der Waals surface area contributed by atoms with Crippen molar-refractivity contribution >= 4 is 11.6 Å². The van der Waals surface area contributed by atoms with E-state index in [0.29, 0.717) is 12.1 Å². The van der Waals surface area contributed by atoms with Crippen LogP contribution in [0.25, 0.3) is 0 Å². The molecule has 4 nitrogen and oxygen atoms in total. The van der Waals surface area contributed by atoms with E-state index >= 15 is 0 Å². The number of hydrogen-bond donors (Lipinski definition) is 2. The number of nitrogens with one attached hydrogen (secondary N) is 1. The van der Waals surface area contributed by atoms with Crippen LogP contribution in [0, 0.1) is 0 Å². The quantitative estimate of drug-likeness (QED) is 0.802. The molecule has 6 heteroatoms. The average Bonchev–Trinajstić information content (AvgIpc) is 2.30. The van der Waals surface area contributed by atoms with Gasteiger partial charge in [-0.15, -0.1) is 0 Å². The van der Waals surface area contributed by atoms with Gasteiger partial charge < -0.3 is 15.8 Å². The van der Waals surface area contributed by atoms with Gasteiger partial charge >= 0.3 is 6.61 Å². The molecule has 0 aliphatic rings. The number of halogens is 2. The molecule has 3 N–H and O–H groups in total. The van der Waals surface area contributed by atoms with Gasteiger partial charge in [-0.1, -0.05) is 0 Å². The van der Waals surface area contributed by atoms with Gasteiger partial charge in [-0.25, -0.2) is 0 Å². The smallest absolute Gasteiger partial charge is 0.387 e. The first-order valence-corrected chi connectivity index (χ1v) is 6.07. The summed E-state index contributed by atoms with van der Waals surface area (Å²) >= 11 is 0. The standard InChI is InChI=1S/C13H18F2N2O2/c1-9(16)3-2-4-12(18)17-10-5-7-11(8-6-10)19-13(14)15/h5-9,13H,2-4,16H2,1H3,(H,17,18). The van der Waals surface area contributed by atoms with Gasteiger partial charge in [0.2, 0.25) is 5.91 Å². The Hall–Kier alpha value is -1.69. The zero-order valence-electron chi connectivity index (χ0n) is 10.7. The van der Waals surface area contributed by atoms with Crippen molar-refractivity contribution in [2.75, 3.05) is 5.32 Å². The number of carbonyl (C=O) groups excluding carboxylic acids is 1. The van der Waals surface area contributed by atoms with Crippen LogP contribution in [-0.2, 0) is 4.79 Å². The topological polar surface area (TPSA) is 64.4 Å². The Morgan fingerprint density at radius 2 is 2.00 bits per heavy atom. The normalized spacial score (nSPS) is 12.3. The van der Waals surface area contributed by atoms with E-state index in [-0.39, 0.29) is 17.7 Å². The number of rotatable bonds is 7. The van der Waals surface area contributed by atoms with E-state index in [2.05, 4.69) is 10.1 Å². The fourth-order valence-electron chi connectivity index (χ4n) is 1.53. The second-order valence-corrected chi connectivity index (χ2v) is 4.32. The Balaban J connectivity index is 2.38. The number of hydrogen-bond acceptors (Lipinski definition) is 3. The predicted molar refractivity (Wildman–Crippen MR) is 69.2 cm³/mol. The minimum Gasteiger partial charge on any atom is -0.435 e. The van der Waals surface area contributed by atoms with Gasteiger partial charge in [-0.2, -0.15) is 8.78 Å². The molecular formula is C13H18F2N2O2. The third kappa shape index (κ3) is 6.71. The van der Waals surface area contributed by atoms with Crippen molar-refractivity contribution < 1.29 is 18.3 Å². The summed E-state index contributed by atoms with van der Waals surface area (Å²) < 4.78 is 28.1. The fraction of sp³-hybridized carbons (Fsp3) is 0.462. The molecule has 1 aromatic rings. The molecule has 0 heterocycles. The van der Waals surface area contributed by atoms with Crippen molar-refractivity contribution in [2.24, 2.45) is 5.73 Å². The van der Waals surface area contributed by atoms with Crippen molar-refractivity contribution in [3.8, 4) is 5.75 Å². The van der Waals surface area contributed by atoms with Crippen LogP contribution < -0.4 is 15.8 Å². The zero-order chi connectivity index (χ0) is 14.3. The summed E-state index contributed by atoms with van der Waals surface area (Å²) in [6.45, 7) is -0.960. The number of amides is 1. The number of nitrogens with two attached hydrogens (primary N) is 1. The highest BCUT2D eigenvalue weighted by Gasteiger charge is 2.06. The summed E-state index contributed by atoms with van der Waals surface area (Å²) in [5.74, 6) is -0.0619.